The van der Waals surface area contributed by atoms with E-state index in [-0.39, 0.29) is 41.5 Å². The molecule has 1 aliphatic heterocycles. The fourth-order valence-electron chi connectivity index (χ4n) is 5.87. The van der Waals surface area contributed by atoms with Gasteiger partial charge in [0.05, 0.1) is 11.8 Å². The van der Waals surface area contributed by atoms with Crippen LogP contribution in [0.5, 0.6) is 5.75 Å². The molecule has 0 spiro atoms. The number of phenolic OH excluding ortho intramolecular Hbond substituents is 1. The van der Waals surface area contributed by atoms with Gasteiger partial charge in [0.2, 0.25) is 11.8 Å². The zero-order chi connectivity index (χ0) is 22.9. The van der Waals surface area contributed by atoms with Crippen LogP contribution in [0.4, 0.5) is 0 Å². The number of ketones is 2. The second kappa shape index (κ2) is 7.37. The summed E-state index contributed by atoms with van der Waals surface area (Å²) in [6, 6.07) is 5.01. The lowest BCUT2D eigenvalue weighted by Crippen LogP contribution is -2.39. The number of aromatic hydroxyl groups is 1. The summed E-state index contributed by atoms with van der Waals surface area (Å²) >= 11 is 3.44. The maximum atomic E-state index is 13.2. The monoisotopic (exact) mass is 495 g/mol. The lowest BCUT2D eigenvalue weighted by atomic mass is 9.59. The summed E-state index contributed by atoms with van der Waals surface area (Å²) in [6.07, 6.45) is 3.97. The summed E-state index contributed by atoms with van der Waals surface area (Å²) < 4.78 is 0.731. The van der Waals surface area contributed by atoms with Gasteiger partial charge in [-0.2, -0.15) is 0 Å². The molecule has 0 radical (unpaired) electrons. The van der Waals surface area contributed by atoms with Gasteiger partial charge in [-0.25, -0.2) is 0 Å². The summed E-state index contributed by atoms with van der Waals surface area (Å²) in [5, 5.41) is 10.7. The Kier molecular flexibility index (Phi) is 4.85. The van der Waals surface area contributed by atoms with Crippen molar-refractivity contribution in [3.63, 3.8) is 0 Å². The third kappa shape index (κ3) is 2.83. The lowest BCUT2D eigenvalue weighted by Gasteiger charge is -2.42. The number of allylic oxidation sites excluding steroid dienone is 6. The van der Waals surface area contributed by atoms with Crippen LogP contribution in [0.1, 0.15) is 38.2 Å². The Bertz CT molecular complexity index is 1210. The van der Waals surface area contributed by atoms with Crippen LogP contribution < -0.4 is 0 Å². The largest absolute Gasteiger partial charge is 0.508 e. The number of imide groups is 1. The van der Waals surface area contributed by atoms with Gasteiger partial charge in [-0.1, -0.05) is 27.6 Å². The molecular formula is C25H22BrNO5. The molecule has 164 valence electrons. The highest BCUT2D eigenvalue weighted by molar-refractivity contribution is 9.10. The maximum Gasteiger partial charge on any atom is 0.233 e. The van der Waals surface area contributed by atoms with Gasteiger partial charge in [-0.05, 0) is 56.9 Å². The fourth-order valence-corrected chi connectivity index (χ4v) is 6.25. The SMILES string of the molecule is CCN1C(=O)C2CC=C3C(c4cc(Br)ccc4O)C4=C(CC3C2C1=O)C(=O)C(C)=CC4=O. The molecule has 1 aromatic carbocycles. The Morgan fingerprint density at radius 3 is 2.59 bits per heavy atom. The molecule has 4 aliphatic rings. The first-order chi connectivity index (χ1) is 15.2. The first kappa shape index (κ1) is 21.1. The number of Topliss-reactive ketones (excluding diaryl/α,β-unsaturated/α-hetero) is 1. The van der Waals surface area contributed by atoms with Gasteiger partial charge in [0.1, 0.15) is 5.75 Å². The molecule has 1 heterocycles. The summed E-state index contributed by atoms with van der Waals surface area (Å²) in [4.78, 5) is 53.6. The number of benzene rings is 1. The molecule has 0 saturated carbocycles. The number of carbonyl (C=O) groups is 4. The zero-order valence-corrected chi connectivity index (χ0v) is 19.3. The van der Waals surface area contributed by atoms with Gasteiger partial charge in [-0.3, -0.25) is 24.1 Å². The minimum absolute atomic E-state index is 0.0178. The van der Waals surface area contributed by atoms with Gasteiger partial charge in [0.15, 0.2) is 11.6 Å². The number of carbonyl (C=O) groups excluding carboxylic acids is 4. The molecule has 5 rings (SSSR count). The second-order valence-corrected chi connectivity index (χ2v) is 9.77. The number of fused-ring (bicyclic) bond motifs is 3. The Morgan fingerprint density at radius 1 is 1.12 bits per heavy atom. The number of amides is 2. The summed E-state index contributed by atoms with van der Waals surface area (Å²) in [7, 11) is 0. The molecule has 1 aromatic rings. The van der Waals surface area contributed by atoms with E-state index in [1.807, 2.05) is 6.08 Å². The fraction of sp³-hybridized carbons (Fsp3) is 0.360. The van der Waals surface area contributed by atoms with Crippen molar-refractivity contribution in [1.29, 1.82) is 0 Å². The summed E-state index contributed by atoms with van der Waals surface area (Å²) in [5.41, 5.74) is 2.50. The topological polar surface area (TPSA) is 91.8 Å². The molecule has 0 aromatic heterocycles. The Hall–Kier alpha value is -2.80. The predicted octanol–water partition coefficient (Wildman–Crippen LogP) is 3.60. The minimum atomic E-state index is -0.637. The average Bonchev–Trinajstić information content (AvgIpc) is 3.02. The summed E-state index contributed by atoms with van der Waals surface area (Å²) in [5.74, 6) is -2.81. The smallest absolute Gasteiger partial charge is 0.233 e. The van der Waals surface area contributed by atoms with Crippen molar-refractivity contribution in [2.75, 3.05) is 6.54 Å². The third-order valence-corrected chi connectivity index (χ3v) is 7.76. The molecule has 2 amide bonds. The zero-order valence-electron chi connectivity index (χ0n) is 17.7. The molecule has 1 N–H and O–H groups in total. The van der Waals surface area contributed by atoms with E-state index in [2.05, 4.69) is 15.9 Å². The van der Waals surface area contributed by atoms with E-state index in [1.54, 1.807) is 32.0 Å². The van der Waals surface area contributed by atoms with Crippen LogP contribution in [0.15, 0.2) is 57.1 Å². The average molecular weight is 496 g/mol. The molecule has 32 heavy (non-hydrogen) atoms. The number of nitrogens with zero attached hydrogens (tertiary/aromatic N) is 1. The molecule has 0 bridgehead atoms. The van der Waals surface area contributed by atoms with Crippen LogP contribution in [0.2, 0.25) is 0 Å². The van der Waals surface area contributed by atoms with Crippen LogP contribution in [-0.4, -0.2) is 39.9 Å². The van der Waals surface area contributed by atoms with Crippen molar-refractivity contribution in [3.8, 4) is 5.75 Å². The molecular weight excluding hydrogens is 474 g/mol. The number of hydrogen-bond acceptors (Lipinski definition) is 5. The van der Waals surface area contributed by atoms with E-state index in [0.717, 1.165) is 10.0 Å². The van der Waals surface area contributed by atoms with Crippen molar-refractivity contribution >= 4 is 39.3 Å². The van der Waals surface area contributed by atoms with E-state index in [4.69, 9.17) is 0 Å². The number of rotatable bonds is 2. The first-order valence-corrected chi connectivity index (χ1v) is 11.6. The maximum absolute atomic E-state index is 13.2. The van der Waals surface area contributed by atoms with Crippen molar-refractivity contribution in [3.05, 3.63) is 62.7 Å². The van der Waals surface area contributed by atoms with Gasteiger partial charge >= 0.3 is 0 Å². The van der Waals surface area contributed by atoms with Gasteiger partial charge in [0.25, 0.3) is 0 Å². The minimum Gasteiger partial charge on any atom is -0.508 e. The van der Waals surface area contributed by atoms with Crippen molar-refractivity contribution in [2.24, 2.45) is 17.8 Å². The van der Waals surface area contributed by atoms with Crippen molar-refractivity contribution < 1.29 is 24.3 Å². The molecule has 3 aliphatic carbocycles. The first-order valence-electron chi connectivity index (χ1n) is 10.8. The third-order valence-electron chi connectivity index (χ3n) is 7.27. The van der Waals surface area contributed by atoms with Gasteiger partial charge < -0.3 is 5.11 Å². The number of likely N-dealkylation sites (tertiary alicyclic amines) is 1. The van der Waals surface area contributed by atoms with E-state index in [1.165, 1.54) is 11.0 Å². The van der Waals surface area contributed by atoms with E-state index in [0.29, 0.717) is 35.2 Å². The number of hydrogen-bond donors (Lipinski definition) is 1. The van der Waals surface area contributed by atoms with Crippen molar-refractivity contribution in [1.82, 2.24) is 4.90 Å². The van der Waals surface area contributed by atoms with Gasteiger partial charge in [0, 0.05) is 39.2 Å². The van der Waals surface area contributed by atoms with Crippen molar-refractivity contribution in [2.45, 2.75) is 32.6 Å². The van der Waals surface area contributed by atoms with Crippen LogP contribution in [0.25, 0.3) is 0 Å². The molecule has 7 heteroatoms. The van der Waals surface area contributed by atoms with Crippen LogP contribution in [0, 0.1) is 17.8 Å². The summed E-state index contributed by atoms with van der Waals surface area (Å²) in [6.45, 7) is 3.71. The number of halogens is 1. The van der Waals surface area contributed by atoms with Crippen LogP contribution in [0.3, 0.4) is 0 Å². The van der Waals surface area contributed by atoms with E-state index < -0.39 is 17.8 Å². The standard InChI is InChI=1S/C25H22BrNO5/c1-3-27-24(31)14-6-5-13-15(21(14)25(27)32)10-17-22(19(29)8-11(2)23(17)30)20(13)16-9-12(26)4-7-18(16)28/h4-5,7-9,14-15,20-21,28H,3,6,10H2,1-2H3. The normalized spacial score (nSPS) is 29.5. The number of phenols is 1. The molecule has 1 fully saturated rings. The highest BCUT2D eigenvalue weighted by Gasteiger charge is 2.56. The lowest BCUT2D eigenvalue weighted by molar-refractivity contribution is -0.139. The molecule has 1 saturated heterocycles. The van der Waals surface area contributed by atoms with Crippen LogP contribution in [-0.2, 0) is 19.2 Å². The molecule has 4 unspecified atom stereocenters. The van der Waals surface area contributed by atoms with Crippen LogP contribution >= 0.6 is 15.9 Å². The van der Waals surface area contributed by atoms with E-state index >= 15 is 0 Å². The van der Waals surface area contributed by atoms with Gasteiger partial charge in [-0.15, -0.1) is 0 Å². The quantitative estimate of drug-likeness (QED) is 0.384. The Morgan fingerprint density at radius 2 is 1.88 bits per heavy atom. The molecule has 4 atom stereocenters. The second-order valence-electron chi connectivity index (χ2n) is 8.85. The highest BCUT2D eigenvalue weighted by Crippen LogP contribution is 2.56. The predicted molar refractivity (Wildman–Crippen MR) is 120 cm³/mol. The Labute approximate surface area is 193 Å². The Balaban J connectivity index is 1.73. The highest BCUT2D eigenvalue weighted by atomic mass is 79.9. The molecule has 6 nitrogen and oxygen atoms in total. The van der Waals surface area contributed by atoms with E-state index in [9.17, 15) is 24.3 Å².